The monoisotopic (exact) mass is 476 g/mol. The highest BCUT2D eigenvalue weighted by Crippen LogP contribution is 2.41. The van der Waals surface area contributed by atoms with Crippen LogP contribution in [0.5, 0.6) is 0 Å². The van der Waals surface area contributed by atoms with Crippen molar-refractivity contribution in [2.75, 3.05) is 4.90 Å². The van der Waals surface area contributed by atoms with Crippen LogP contribution in [-0.4, -0.2) is 16.8 Å². The van der Waals surface area contributed by atoms with Crippen LogP contribution in [0.1, 0.15) is 31.2 Å². The molecule has 2 fully saturated rings. The number of thioether (sulfide) groups is 1. The molecule has 6 rings (SSSR count). The second kappa shape index (κ2) is 8.22. The van der Waals surface area contributed by atoms with Gasteiger partial charge in [-0.1, -0.05) is 54.9 Å². The number of amides is 2. The van der Waals surface area contributed by atoms with E-state index in [9.17, 15) is 14.0 Å². The number of hydrogen-bond acceptors (Lipinski definition) is 5. The van der Waals surface area contributed by atoms with E-state index in [2.05, 4.69) is 0 Å². The van der Waals surface area contributed by atoms with E-state index in [4.69, 9.17) is 4.98 Å². The Morgan fingerprint density at radius 1 is 0.970 bits per heavy atom. The maximum atomic E-state index is 14.1. The van der Waals surface area contributed by atoms with Crippen LogP contribution in [0.3, 0.4) is 0 Å². The molecule has 1 aliphatic carbocycles. The first kappa shape index (κ1) is 20.8. The number of rotatable bonds is 4. The molecule has 3 aromatic carbocycles. The van der Waals surface area contributed by atoms with Crippen molar-refractivity contribution in [3.63, 3.8) is 0 Å². The highest BCUT2D eigenvalue weighted by Gasteiger charge is 2.48. The summed E-state index contributed by atoms with van der Waals surface area (Å²) in [5.41, 5.74) is 2.57. The van der Waals surface area contributed by atoms with Crippen LogP contribution >= 0.6 is 23.1 Å². The van der Waals surface area contributed by atoms with Gasteiger partial charge >= 0.3 is 0 Å². The third kappa shape index (κ3) is 3.54. The number of thiazole rings is 1. The van der Waals surface area contributed by atoms with E-state index < -0.39 is 0 Å². The minimum absolute atomic E-state index is 0.0497. The van der Waals surface area contributed by atoms with Crippen molar-refractivity contribution < 1.29 is 14.0 Å². The first-order valence-electron chi connectivity index (χ1n) is 11.2. The largest absolute Gasteiger partial charge is 0.274 e. The number of imide groups is 1. The third-order valence-electron chi connectivity index (χ3n) is 6.76. The molecule has 1 saturated heterocycles. The average molecular weight is 477 g/mol. The molecule has 1 aromatic heterocycles. The van der Waals surface area contributed by atoms with Crippen LogP contribution in [-0.2, 0) is 15.3 Å². The number of fused-ring (bicyclic) bond motifs is 3. The minimum Gasteiger partial charge on any atom is -0.274 e. The lowest BCUT2D eigenvalue weighted by molar-refractivity contribution is -0.122. The molecule has 33 heavy (non-hydrogen) atoms. The molecule has 2 aliphatic rings. The van der Waals surface area contributed by atoms with Crippen LogP contribution in [0.25, 0.3) is 21.0 Å². The summed E-state index contributed by atoms with van der Waals surface area (Å²) >= 11 is 3.17. The summed E-state index contributed by atoms with van der Waals surface area (Å²) in [6.45, 7) is 0. The number of carbonyl (C=O) groups is 2. The first-order valence-corrected chi connectivity index (χ1v) is 13.0. The van der Waals surface area contributed by atoms with Crippen molar-refractivity contribution >= 4 is 61.6 Å². The molecule has 0 N–H and O–H groups in total. The Bertz CT molecular complexity index is 1390. The van der Waals surface area contributed by atoms with E-state index in [0.29, 0.717) is 16.8 Å². The van der Waals surface area contributed by atoms with E-state index in [1.165, 1.54) is 11.0 Å². The lowest BCUT2D eigenvalue weighted by atomic mass is 9.81. The van der Waals surface area contributed by atoms with Crippen molar-refractivity contribution in [1.82, 2.24) is 4.98 Å². The topological polar surface area (TPSA) is 50.3 Å². The summed E-state index contributed by atoms with van der Waals surface area (Å²) in [6.07, 6.45) is 3.67. The molecule has 4 aromatic rings. The van der Waals surface area contributed by atoms with Crippen LogP contribution in [0.2, 0.25) is 0 Å². The molecule has 1 aliphatic heterocycles. The Balaban J connectivity index is 1.26. The average Bonchev–Trinajstić information content (AvgIpc) is 3.36. The SMILES string of the molecule is O=C1[C@@H]2CCCC[C@H]2C(=O)N1c1ccc2nc(SCc3ccc(F)c4ccccc34)sc2c1. The standard InChI is InChI=1S/C26H21FN2O2S2/c27-21-11-9-15(17-5-1-2-6-18(17)21)14-32-26-28-22-12-10-16(13-23(22)33-26)29-24(30)19-7-3-4-8-20(19)25(29)31/h1-2,5-6,9-13,19-20H,3-4,7-8,14H2/t19-,20-/m1/s1. The lowest BCUT2D eigenvalue weighted by Gasteiger charge is -2.19. The normalized spacial score (nSPS) is 20.7. The first-order chi connectivity index (χ1) is 16.1. The van der Waals surface area contributed by atoms with E-state index in [1.54, 1.807) is 29.2 Å². The maximum Gasteiger partial charge on any atom is 0.237 e. The van der Waals surface area contributed by atoms with Gasteiger partial charge in [0.2, 0.25) is 11.8 Å². The molecule has 0 spiro atoms. The van der Waals surface area contributed by atoms with Crippen molar-refractivity contribution in [2.24, 2.45) is 11.8 Å². The molecule has 0 radical (unpaired) electrons. The fraction of sp³-hybridized carbons (Fsp3) is 0.269. The summed E-state index contributed by atoms with van der Waals surface area (Å²) in [7, 11) is 0. The quantitative estimate of drug-likeness (QED) is 0.247. The number of anilines is 1. The zero-order chi connectivity index (χ0) is 22.5. The Hall–Kier alpha value is -2.77. The smallest absolute Gasteiger partial charge is 0.237 e. The van der Waals surface area contributed by atoms with Gasteiger partial charge in [-0.25, -0.2) is 9.37 Å². The molecule has 2 amide bonds. The van der Waals surface area contributed by atoms with Crippen LogP contribution < -0.4 is 4.90 Å². The molecule has 2 atom stereocenters. The molecule has 7 heteroatoms. The number of nitrogens with zero attached hydrogens (tertiary/aromatic N) is 2. The fourth-order valence-electron chi connectivity index (χ4n) is 5.10. The zero-order valence-electron chi connectivity index (χ0n) is 17.8. The van der Waals surface area contributed by atoms with E-state index in [1.807, 2.05) is 42.5 Å². The van der Waals surface area contributed by atoms with Gasteiger partial charge < -0.3 is 0 Å². The lowest BCUT2D eigenvalue weighted by Crippen LogP contribution is -2.30. The summed E-state index contributed by atoms with van der Waals surface area (Å²) in [5.74, 6) is 0.0652. The van der Waals surface area contributed by atoms with Gasteiger partial charge in [-0.15, -0.1) is 11.3 Å². The molecule has 4 nitrogen and oxygen atoms in total. The van der Waals surface area contributed by atoms with Gasteiger partial charge in [-0.3, -0.25) is 14.5 Å². The molecule has 0 unspecified atom stereocenters. The van der Waals surface area contributed by atoms with Crippen LogP contribution in [0, 0.1) is 17.7 Å². The molecule has 1 saturated carbocycles. The van der Waals surface area contributed by atoms with E-state index in [0.717, 1.165) is 51.2 Å². The molecular formula is C26H21FN2O2S2. The van der Waals surface area contributed by atoms with Gasteiger partial charge in [0.25, 0.3) is 0 Å². The number of benzene rings is 3. The highest BCUT2D eigenvalue weighted by atomic mass is 32.2. The summed E-state index contributed by atoms with van der Waals surface area (Å²) < 4.78 is 16.0. The third-order valence-corrected chi connectivity index (χ3v) is 8.97. The predicted octanol–water partition coefficient (Wildman–Crippen LogP) is 6.56. The summed E-state index contributed by atoms with van der Waals surface area (Å²) in [6, 6.07) is 16.5. The fourth-order valence-corrected chi connectivity index (χ4v) is 7.21. The van der Waals surface area contributed by atoms with E-state index in [-0.39, 0.29) is 29.5 Å². The zero-order valence-corrected chi connectivity index (χ0v) is 19.4. The number of carbonyl (C=O) groups excluding carboxylic acids is 2. The van der Waals surface area contributed by atoms with Crippen molar-refractivity contribution in [1.29, 1.82) is 0 Å². The second-order valence-corrected chi connectivity index (χ2v) is 10.9. The van der Waals surface area contributed by atoms with Crippen LogP contribution in [0.4, 0.5) is 10.1 Å². The van der Waals surface area contributed by atoms with Gasteiger partial charge in [0, 0.05) is 11.1 Å². The van der Waals surface area contributed by atoms with Crippen molar-refractivity contribution in [2.45, 2.75) is 35.8 Å². The summed E-state index contributed by atoms with van der Waals surface area (Å²) in [4.78, 5) is 32.0. The molecular weight excluding hydrogens is 455 g/mol. The minimum atomic E-state index is -0.210. The Morgan fingerprint density at radius 2 is 1.70 bits per heavy atom. The molecule has 166 valence electrons. The van der Waals surface area contributed by atoms with Crippen LogP contribution in [0.15, 0.2) is 58.9 Å². The van der Waals surface area contributed by atoms with Gasteiger partial charge in [0.05, 0.1) is 27.7 Å². The molecule has 0 bridgehead atoms. The number of hydrogen-bond donors (Lipinski definition) is 0. The molecule has 2 heterocycles. The van der Waals surface area contributed by atoms with Gasteiger partial charge in [-0.2, -0.15) is 0 Å². The van der Waals surface area contributed by atoms with Gasteiger partial charge in [0.15, 0.2) is 4.34 Å². The predicted molar refractivity (Wildman–Crippen MR) is 131 cm³/mol. The van der Waals surface area contributed by atoms with Gasteiger partial charge in [0.1, 0.15) is 5.82 Å². The van der Waals surface area contributed by atoms with E-state index >= 15 is 0 Å². The Kier molecular flexibility index (Phi) is 5.18. The Morgan fingerprint density at radius 3 is 2.45 bits per heavy atom. The number of aromatic nitrogens is 1. The highest BCUT2D eigenvalue weighted by molar-refractivity contribution is 8.00. The van der Waals surface area contributed by atoms with Gasteiger partial charge in [-0.05, 0) is 48.1 Å². The Labute approximate surface area is 198 Å². The second-order valence-electron chi connectivity index (χ2n) is 8.68. The maximum absolute atomic E-state index is 14.1. The summed E-state index contributed by atoms with van der Waals surface area (Å²) in [5, 5.41) is 1.55. The van der Waals surface area contributed by atoms with Crippen molar-refractivity contribution in [3.05, 3.63) is 66.0 Å². The van der Waals surface area contributed by atoms with Crippen molar-refractivity contribution in [3.8, 4) is 0 Å². The number of halogens is 1.